The molecule has 0 bridgehead atoms. The van der Waals surface area contributed by atoms with E-state index in [0.717, 1.165) is 5.56 Å². The second-order valence-electron chi connectivity index (χ2n) is 10.1. The lowest BCUT2D eigenvalue weighted by Crippen LogP contribution is -2.79. The Kier molecular flexibility index (Phi) is 3.72. The van der Waals surface area contributed by atoms with E-state index in [9.17, 15) is 19.8 Å². The molecule has 8 atom stereocenters. The van der Waals surface area contributed by atoms with E-state index in [0.29, 0.717) is 25.0 Å². The zero-order chi connectivity index (χ0) is 20.9. The van der Waals surface area contributed by atoms with Crippen molar-refractivity contribution in [3.8, 4) is 0 Å². The van der Waals surface area contributed by atoms with E-state index in [2.05, 4.69) is 0 Å². The van der Waals surface area contributed by atoms with Crippen LogP contribution in [-0.2, 0) is 25.5 Å². The molecule has 0 aromatic carbocycles. The molecule has 0 amide bonds. The van der Waals surface area contributed by atoms with Gasteiger partial charge in [0.15, 0.2) is 6.10 Å². The molecule has 7 nitrogen and oxygen atoms in total. The van der Waals surface area contributed by atoms with E-state index < -0.39 is 46.6 Å². The van der Waals surface area contributed by atoms with Gasteiger partial charge in [-0.15, -0.1) is 0 Å². The minimum Gasteiger partial charge on any atom is -0.469 e. The minimum atomic E-state index is -1.57. The van der Waals surface area contributed by atoms with Crippen molar-refractivity contribution in [1.29, 1.82) is 0 Å². The van der Waals surface area contributed by atoms with E-state index >= 15 is 0 Å². The number of hydrogen-bond acceptors (Lipinski definition) is 7. The quantitative estimate of drug-likeness (QED) is 0.689. The zero-order valence-electron chi connectivity index (χ0n) is 17.2. The molecule has 1 aliphatic heterocycles. The average molecular weight is 404 g/mol. The van der Waals surface area contributed by atoms with Crippen molar-refractivity contribution in [2.45, 2.75) is 76.8 Å². The highest BCUT2D eigenvalue weighted by Gasteiger charge is 2.78. The first-order valence-electron chi connectivity index (χ1n) is 10.4. The minimum absolute atomic E-state index is 0.256. The molecule has 0 spiro atoms. The third kappa shape index (κ3) is 2.05. The maximum absolute atomic E-state index is 13.0. The molecule has 2 saturated carbocycles. The summed E-state index contributed by atoms with van der Waals surface area (Å²) in [6, 6.07) is 1.80. The number of hydrogen-bond donors (Lipinski definition) is 2. The van der Waals surface area contributed by atoms with Crippen molar-refractivity contribution < 1.29 is 33.7 Å². The van der Waals surface area contributed by atoms with E-state index in [-0.39, 0.29) is 17.8 Å². The van der Waals surface area contributed by atoms with Gasteiger partial charge in [0, 0.05) is 30.2 Å². The van der Waals surface area contributed by atoms with Crippen LogP contribution in [0, 0.1) is 22.7 Å². The first kappa shape index (κ1) is 19.1. The van der Waals surface area contributed by atoms with Crippen LogP contribution in [0.25, 0.3) is 0 Å². The zero-order valence-corrected chi connectivity index (χ0v) is 17.2. The molecule has 0 radical (unpaired) electrons. The van der Waals surface area contributed by atoms with Gasteiger partial charge in [-0.2, -0.15) is 0 Å². The Hall–Kier alpha value is -1.86. The van der Waals surface area contributed by atoms with Crippen molar-refractivity contribution in [2.24, 2.45) is 22.7 Å². The lowest BCUT2D eigenvalue weighted by atomic mass is 9.39. The SMILES string of the molecule is CC(=O)O[C@H]1[C@@H]2OC(=O)[C@@H]3c4ccoc4C[C@H]([C@@H]23)[C@@]2(C)[C@@H](O)CCC(C)(C)[C@@]12O. The molecule has 0 unspecified atom stereocenters. The van der Waals surface area contributed by atoms with Crippen LogP contribution in [0.5, 0.6) is 0 Å². The fourth-order valence-corrected chi connectivity index (χ4v) is 7.19. The molecule has 1 aromatic heterocycles. The van der Waals surface area contributed by atoms with Gasteiger partial charge in [0.2, 0.25) is 0 Å². The molecule has 2 N–H and O–H groups in total. The van der Waals surface area contributed by atoms with Gasteiger partial charge in [-0.05, 0) is 30.2 Å². The van der Waals surface area contributed by atoms with Crippen molar-refractivity contribution in [1.82, 2.24) is 0 Å². The van der Waals surface area contributed by atoms with Crippen molar-refractivity contribution in [3.05, 3.63) is 23.7 Å². The first-order valence-corrected chi connectivity index (χ1v) is 10.4. The van der Waals surface area contributed by atoms with Gasteiger partial charge in [0.1, 0.15) is 17.5 Å². The summed E-state index contributed by atoms with van der Waals surface area (Å²) in [6.07, 6.45) is 0.544. The Labute approximate surface area is 169 Å². The summed E-state index contributed by atoms with van der Waals surface area (Å²) >= 11 is 0. The predicted octanol–water partition coefficient (Wildman–Crippen LogP) is 1.94. The largest absolute Gasteiger partial charge is 0.469 e. The van der Waals surface area contributed by atoms with Crippen LogP contribution in [0.15, 0.2) is 16.7 Å². The molecule has 5 rings (SSSR count). The number of carbonyl (C=O) groups excluding carboxylic acids is 2. The first-order chi connectivity index (χ1) is 13.5. The van der Waals surface area contributed by atoms with Gasteiger partial charge < -0.3 is 24.1 Å². The lowest BCUT2D eigenvalue weighted by molar-refractivity contribution is -0.330. The second-order valence-corrected chi connectivity index (χ2v) is 10.1. The number of aliphatic hydroxyl groups excluding tert-OH is 1. The topological polar surface area (TPSA) is 106 Å². The number of rotatable bonds is 1. The highest BCUT2D eigenvalue weighted by atomic mass is 16.6. The molecule has 4 aliphatic rings. The van der Waals surface area contributed by atoms with Crippen LogP contribution in [0.2, 0.25) is 0 Å². The van der Waals surface area contributed by atoms with Gasteiger partial charge in [0.25, 0.3) is 0 Å². The van der Waals surface area contributed by atoms with Gasteiger partial charge >= 0.3 is 11.9 Å². The third-order valence-corrected chi connectivity index (χ3v) is 8.62. The number of fused-ring (bicyclic) bond motifs is 4. The third-order valence-electron chi connectivity index (χ3n) is 8.62. The summed E-state index contributed by atoms with van der Waals surface area (Å²) in [5.74, 6) is -1.31. The molecule has 3 aliphatic carbocycles. The Balaban J connectivity index is 1.77. The number of ether oxygens (including phenoxy) is 2. The molecular weight excluding hydrogens is 376 g/mol. The van der Waals surface area contributed by atoms with Crippen molar-refractivity contribution >= 4 is 11.9 Å². The van der Waals surface area contributed by atoms with E-state index in [1.807, 2.05) is 20.8 Å². The van der Waals surface area contributed by atoms with Crippen LogP contribution in [0.1, 0.15) is 57.8 Å². The van der Waals surface area contributed by atoms with Crippen LogP contribution in [0.4, 0.5) is 0 Å². The summed E-state index contributed by atoms with van der Waals surface area (Å²) in [5.41, 5.74) is -2.44. The number of carbonyl (C=O) groups is 2. The molecule has 2 heterocycles. The summed E-state index contributed by atoms with van der Waals surface area (Å²) in [6.45, 7) is 7.04. The average Bonchev–Trinajstić information content (AvgIpc) is 3.24. The molecule has 29 heavy (non-hydrogen) atoms. The van der Waals surface area contributed by atoms with E-state index in [4.69, 9.17) is 13.9 Å². The summed E-state index contributed by atoms with van der Waals surface area (Å²) in [7, 11) is 0. The summed E-state index contributed by atoms with van der Waals surface area (Å²) < 4.78 is 17.2. The Bertz CT molecular complexity index is 887. The lowest BCUT2D eigenvalue weighted by Gasteiger charge is -2.68. The van der Waals surface area contributed by atoms with Crippen LogP contribution in [-0.4, -0.2) is 46.1 Å². The monoisotopic (exact) mass is 404 g/mol. The number of esters is 2. The smallest absolute Gasteiger partial charge is 0.314 e. The fourth-order valence-electron chi connectivity index (χ4n) is 7.19. The van der Waals surface area contributed by atoms with Gasteiger partial charge in [-0.3, -0.25) is 9.59 Å². The van der Waals surface area contributed by atoms with Crippen LogP contribution >= 0.6 is 0 Å². The standard InChI is InChI=1S/C22H28O7/c1-10(23)28-18-17-16-12(9-13-11(6-8-27-13)15(16)19(25)29-17)21(4)14(24)5-7-20(2,3)22(18,21)26/h6,8,12,14-18,24,26H,5,7,9H2,1-4H3/t12-,14+,15-,16-,17-,18+,21+,22+/m1/s1. The molecule has 3 fully saturated rings. The molecular formula is C22H28O7. The Morgan fingerprint density at radius 1 is 1.31 bits per heavy atom. The van der Waals surface area contributed by atoms with Crippen molar-refractivity contribution in [3.63, 3.8) is 0 Å². The Morgan fingerprint density at radius 3 is 2.72 bits per heavy atom. The Morgan fingerprint density at radius 2 is 2.03 bits per heavy atom. The summed E-state index contributed by atoms with van der Waals surface area (Å²) in [4.78, 5) is 25.0. The maximum atomic E-state index is 13.0. The number of furan rings is 1. The molecule has 1 aromatic rings. The normalized spacial score (nSPS) is 46.9. The predicted molar refractivity (Wildman–Crippen MR) is 99.6 cm³/mol. The van der Waals surface area contributed by atoms with Gasteiger partial charge in [-0.1, -0.05) is 20.8 Å². The highest BCUT2D eigenvalue weighted by molar-refractivity contribution is 5.82. The van der Waals surface area contributed by atoms with Gasteiger partial charge in [-0.25, -0.2) is 0 Å². The second kappa shape index (κ2) is 5.64. The highest BCUT2D eigenvalue weighted by Crippen LogP contribution is 2.69. The van der Waals surface area contributed by atoms with E-state index in [1.165, 1.54) is 6.92 Å². The van der Waals surface area contributed by atoms with Crippen molar-refractivity contribution in [2.75, 3.05) is 0 Å². The van der Waals surface area contributed by atoms with Crippen LogP contribution in [0.3, 0.4) is 0 Å². The molecule has 1 saturated heterocycles. The van der Waals surface area contributed by atoms with E-state index in [1.54, 1.807) is 12.3 Å². The summed E-state index contributed by atoms with van der Waals surface area (Å²) in [5, 5.41) is 23.6. The molecule has 7 heteroatoms. The maximum Gasteiger partial charge on any atom is 0.314 e. The molecule has 158 valence electrons. The number of aliphatic hydroxyl groups is 2. The fraction of sp³-hybridized carbons (Fsp3) is 0.727. The van der Waals surface area contributed by atoms with Gasteiger partial charge in [0.05, 0.1) is 18.3 Å². The van der Waals surface area contributed by atoms with Crippen LogP contribution < -0.4 is 0 Å².